The number of rotatable bonds is 2. The van der Waals surface area contributed by atoms with E-state index in [0.717, 1.165) is 16.3 Å². The first-order valence-electron chi connectivity index (χ1n) is 4.96. The van der Waals surface area contributed by atoms with Gasteiger partial charge in [0.05, 0.1) is 12.1 Å². The first-order valence-corrected chi connectivity index (χ1v) is 5.84. The summed E-state index contributed by atoms with van der Waals surface area (Å²) in [4.78, 5) is 4.49. The van der Waals surface area contributed by atoms with Crippen LogP contribution < -0.4 is 0 Å². The molecule has 0 saturated carbocycles. The Morgan fingerprint density at radius 2 is 2.00 bits per heavy atom. The van der Waals surface area contributed by atoms with Crippen molar-refractivity contribution >= 4 is 11.3 Å². The van der Waals surface area contributed by atoms with Crippen LogP contribution in [-0.2, 0) is 6.42 Å². The molecule has 2 aromatic rings. The Balaban J connectivity index is 2.14. The third-order valence-corrected chi connectivity index (χ3v) is 2.91. The van der Waals surface area contributed by atoms with Gasteiger partial charge in [-0.25, -0.2) is 4.98 Å². The topological polar surface area (TPSA) is 33.1 Å². The van der Waals surface area contributed by atoms with Gasteiger partial charge in [-0.3, -0.25) is 0 Å². The molecular weight excluding hydrogens is 218 g/mol. The third kappa shape index (κ3) is 2.69. The van der Waals surface area contributed by atoms with Crippen LogP contribution >= 0.6 is 11.3 Å². The molecule has 0 fully saturated rings. The molecule has 3 heteroatoms. The molecule has 80 valence electrons. The predicted octanol–water partition coefficient (Wildman–Crippen LogP) is 2.35. The molecule has 0 spiro atoms. The summed E-state index contributed by atoms with van der Waals surface area (Å²) in [5.41, 5.74) is 2.12. The number of thiazole rings is 1. The average molecular weight is 229 g/mol. The fourth-order valence-corrected chi connectivity index (χ4v) is 2.07. The van der Waals surface area contributed by atoms with E-state index in [1.54, 1.807) is 11.3 Å². The molecule has 0 aliphatic rings. The summed E-state index contributed by atoms with van der Waals surface area (Å²) in [6.45, 7) is -0.0864. The van der Waals surface area contributed by atoms with Crippen molar-refractivity contribution in [2.24, 2.45) is 0 Å². The molecule has 0 aliphatic heterocycles. The molecule has 0 bridgehead atoms. The Morgan fingerprint density at radius 1 is 1.19 bits per heavy atom. The summed E-state index contributed by atoms with van der Waals surface area (Å²) in [5, 5.41) is 11.6. The van der Waals surface area contributed by atoms with Crippen LogP contribution in [0.4, 0.5) is 0 Å². The Kier molecular flexibility index (Phi) is 3.71. The molecule has 1 heterocycles. The van der Waals surface area contributed by atoms with Gasteiger partial charge in [0.25, 0.3) is 0 Å². The van der Waals surface area contributed by atoms with Crippen LogP contribution in [0.2, 0.25) is 0 Å². The van der Waals surface area contributed by atoms with Crippen molar-refractivity contribution in [1.82, 2.24) is 4.98 Å². The fraction of sp³-hybridized carbons (Fsp3) is 0.154. The Morgan fingerprint density at radius 3 is 2.75 bits per heavy atom. The summed E-state index contributed by atoms with van der Waals surface area (Å²) in [7, 11) is 0. The SMILES string of the molecule is OCC#CCc1nc(-c2ccccc2)cs1. The quantitative estimate of drug-likeness (QED) is 0.802. The van der Waals surface area contributed by atoms with E-state index in [4.69, 9.17) is 5.11 Å². The maximum Gasteiger partial charge on any atom is 0.105 e. The van der Waals surface area contributed by atoms with Crippen LogP contribution in [0.25, 0.3) is 11.3 Å². The summed E-state index contributed by atoms with van der Waals surface area (Å²) in [5.74, 6) is 5.48. The fourth-order valence-electron chi connectivity index (χ4n) is 1.33. The van der Waals surface area contributed by atoms with Crippen molar-refractivity contribution in [3.05, 3.63) is 40.7 Å². The zero-order valence-corrected chi connectivity index (χ0v) is 9.50. The van der Waals surface area contributed by atoms with Crippen molar-refractivity contribution in [3.8, 4) is 23.1 Å². The summed E-state index contributed by atoms with van der Waals surface area (Å²) in [6.07, 6.45) is 0.609. The molecule has 1 N–H and O–H groups in total. The van der Waals surface area contributed by atoms with Gasteiger partial charge in [0.1, 0.15) is 11.6 Å². The first kappa shape index (κ1) is 10.9. The molecule has 0 radical (unpaired) electrons. The van der Waals surface area contributed by atoms with Crippen LogP contribution in [0.5, 0.6) is 0 Å². The highest BCUT2D eigenvalue weighted by molar-refractivity contribution is 7.10. The highest BCUT2D eigenvalue weighted by atomic mass is 32.1. The standard InChI is InChI=1S/C13H11NOS/c15-9-5-4-8-13-14-12(10-16-13)11-6-2-1-3-7-11/h1-3,6-7,10,15H,8-9H2. The van der Waals surface area contributed by atoms with Crippen molar-refractivity contribution in [3.63, 3.8) is 0 Å². The van der Waals surface area contributed by atoms with E-state index in [0.29, 0.717) is 6.42 Å². The van der Waals surface area contributed by atoms with E-state index in [1.807, 2.05) is 35.7 Å². The van der Waals surface area contributed by atoms with Crippen molar-refractivity contribution in [2.45, 2.75) is 6.42 Å². The van der Waals surface area contributed by atoms with Crippen LogP contribution in [0.15, 0.2) is 35.7 Å². The third-order valence-electron chi connectivity index (χ3n) is 2.06. The molecular formula is C13H11NOS. The molecule has 0 amide bonds. The van der Waals surface area contributed by atoms with Crippen molar-refractivity contribution in [1.29, 1.82) is 0 Å². The number of hydrogen-bond acceptors (Lipinski definition) is 3. The second kappa shape index (κ2) is 5.45. The van der Waals surface area contributed by atoms with Gasteiger partial charge in [0.2, 0.25) is 0 Å². The predicted molar refractivity (Wildman–Crippen MR) is 66.1 cm³/mol. The van der Waals surface area contributed by atoms with E-state index >= 15 is 0 Å². The van der Waals surface area contributed by atoms with E-state index in [2.05, 4.69) is 16.8 Å². The number of aromatic nitrogens is 1. The van der Waals surface area contributed by atoms with E-state index in [9.17, 15) is 0 Å². The van der Waals surface area contributed by atoms with Gasteiger partial charge >= 0.3 is 0 Å². The number of aliphatic hydroxyl groups is 1. The van der Waals surface area contributed by atoms with Crippen LogP contribution in [0.3, 0.4) is 0 Å². The van der Waals surface area contributed by atoms with Crippen molar-refractivity contribution < 1.29 is 5.11 Å². The lowest BCUT2D eigenvalue weighted by molar-refractivity contribution is 0.350. The second-order valence-electron chi connectivity index (χ2n) is 3.18. The molecule has 2 rings (SSSR count). The first-order chi connectivity index (χ1) is 7.90. The molecule has 0 saturated heterocycles. The number of hydrogen-bond donors (Lipinski definition) is 1. The zero-order valence-electron chi connectivity index (χ0n) is 8.68. The van der Waals surface area contributed by atoms with Crippen LogP contribution in [-0.4, -0.2) is 16.7 Å². The molecule has 0 aliphatic carbocycles. The monoisotopic (exact) mass is 229 g/mol. The number of nitrogens with zero attached hydrogens (tertiary/aromatic N) is 1. The minimum atomic E-state index is -0.0864. The maximum absolute atomic E-state index is 8.54. The second-order valence-corrected chi connectivity index (χ2v) is 4.12. The van der Waals surface area contributed by atoms with Gasteiger partial charge in [-0.2, -0.15) is 0 Å². The van der Waals surface area contributed by atoms with Gasteiger partial charge in [0.15, 0.2) is 0 Å². The maximum atomic E-state index is 8.54. The molecule has 0 unspecified atom stereocenters. The zero-order chi connectivity index (χ0) is 11.2. The molecule has 1 aromatic heterocycles. The van der Waals surface area contributed by atoms with Crippen LogP contribution in [0, 0.1) is 11.8 Å². The minimum Gasteiger partial charge on any atom is -0.384 e. The van der Waals surface area contributed by atoms with E-state index < -0.39 is 0 Å². The number of aliphatic hydroxyl groups excluding tert-OH is 1. The highest BCUT2D eigenvalue weighted by Gasteiger charge is 2.02. The minimum absolute atomic E-state index is 0.0864. The van der Waals surface area contributed by atoms with Crippen LogP contribution in [0.1, 0.15) is 5.01 Å². The summed E-state index contributed by atoms with van der Waals surface area (Å²) < 4.78 is 0. The van der Waals surface area contributed by atoms with Gasteiger partial charge < -0.3 is 5.11 Å². The lowest BCUT2D eigenvalue weighted by Crippen LogP contribution is -1.82. The van der Waals surface area contributed by atoms with Gasteiger partial charge in [-0.15, -0.1) is 11.3 Å². The lowest BCUT2D eigenvalue weighted by Gasteiger charge is -1.93. The average Bonchev–Trinajstić information content (AvgIpc) is 2.79. The van der Waals surface area contributed by atoms with E-state index in [-0.39, 0.29) is 6.61 Å². The Labute approximate surface area is 98.6 Å². The summed E-state index contributed by atoms with van der Waals surface area (Å²) >= 11 is 1.60. The Hall–Kier alpha value is -1.63. The largest absolute Gasteiger partial charge is 0.384 e. The highest BCUT2D eigenvalue weighted by Crippen LogP contribution is 2.21. The normalized spacial score (nSPS) is 9.56. The summed E-state index contributed by atoms with van der Waals surface area (Å²) in [6, 6.07) is 10.1. The van der Waals surface area contributed by atoms with Gasteiger partial charge in [-0.05, 0) is 0 Å². The van der Waals surface area contributed by atoms with Gasteiger partial charge in [-0.1, -0.05) is 42.2 Å². The van der Waals surface area contributed by atoms with Gasteiger partial charge in [0, 0.05) is 10.9 Å². The Bertz CT molecular complexity index is 507. The smallest absolute Gasteiger partial charge is 0.105 e. The molecule has 1 aromatic carbocycles. The molecule has 16 heavy (non-hydrogen) atoms. The lowest BCUT2D eigenvalue weighted by atomic mass is 10.2. The number of benzene rings is 1. The molecule has 0 atom stereocenters. The molecule has 2 nitrogen and oxygen atoms in total. The van der Waals surface area contributed by atoms with E-state index in [1.165, 1.54) is 0 Å². The van der Waals surface area contributed by atoms with Crippen molar-refractivity contribution in [2.75, 3.05) is 6.61 Å².